The average molecular weight is 389 g/mol. The Morgan fingerprint density at radius 1 is 1.17 bits per heavy atom. The average Bonchev–Trinajstić information content (AvgIpc) is 3.02. The molecular weight excluding hydrogens is 356 g/mol. The topological polar surface area (TPSA) is 40.5 Å². The molecule has 2 fully saturated rings. The molecule has 5 rings (SSSR count). The molecular formula is C27H32O2. The van der Waals surface area contributed by atoms with Crippen LogP contribution in [0.2, 0.25) is 0 Å². The van der Waals surface area contributed by atoms with Gasteiger partial charge in [0.1, 0.15) is 5.75 Å². The van der Waals surface area contributed by atoms with Gasteiger partial charge >= 0.3 is 0 Å². The van der Waals surface area contributed by atoms with Crippen LogP contribution >= 0.6 is 0 Å². The zero-order valence-electron chi connectivity index (χ0n) is 17.4. The van der Waals surface area contributed by atoms with E-state index in [9.17, 15) is 10.2 Å². The molecule has 0 aliphatic heterocycles. The zero-order valence-corrected chi connectivity index (χ0v) is 17.4. The molecule has 2 saturated carbocycles. The fourth-order valence-electron chi connectivity index (χ4n) is 7.07. The lowest BCUT2D eigenvalue weighted by Gasteiger charge is -2.49. The third kappa shape index (κ3) is 3.04. The van der Waals surface area contributed by atoms with E-state index in [2.05, 4.69) is 37.8 Å². The summed E-state index contributed by atoms with van der Waals surface area (Å²) in [5.74, 6) is 2.18. The maximum absolute atomic E-state index is 10.5. The van der Waals surface area contributed by atoms with Crippen molar-refractivity contribution in [3.05, 3.63) is 65.7 Å². The highest BCUT2D eigenvalue weighted by Crippen LogP contribution is 2.62. The Kier molecular flexibility index (Phi) is 4.58. The second-order valence-corrected chi connectivity index (χ2v) is 9.92. The Hall–Kier alpha value is -2.06. The monoisotopic (exact) mass is 388 g/mol. The van der Waals surface area contributed by atoms with Crippen molar-refractivity contribution in [2.75, 3.05) is 0 Å². The highest BCUT2D eigenvalue weighted by Gasteiger charge is 2.53. The number of phenols is 1. The van der Waals surface area contributed by atoms with Gasteiger partial charge in [0, 0.05) is 0 Å². The standard InChI is InChI=1S/C27H32O2/c1-3-6-17-7-4-5-8-21(17)24-14-19(28)13-18-9-10-22-23(26(18)24)11-12-27(2)16-20(29)15-25(22)27/h3-5,7-8,13-14,20,22-23,25,28-29H,1,6,9-12,15-16H2,2H3/t20-,22-,23+,25+,27-/m1/s1. The van der Waals surface area contributed by atoms with E-state index < -0.39 is 0 Å². The first-order valence-electron chi connectivity index (χ1n) is 11.2. The number of phenolic OH excluding ortho intramolecular Hbond substituents is 1. The van der Waals surface area contributed by atoms with Crippen LogP contribution in [-0.2, 0) is 12.8 Å². The number of fused-ring (bicyclic) bond motifs is 5. The first-order valence-corrected chi connectivity index (χ1v) is 11.2. The van der Waals surface area contributed by atoms with Gasteiger partial charge in [-0.05, 0) is 108 Å². The maximum atomic E-state index is 10.5. The first kappa shape index (κ1) is 18.9. The van der Waals surface area contributed by atoms with Crippen molar-refractivity contribution in [2.24, 2.45) is 17.3 Å². The van der Waals surface area contributed by atoms with Gasteiger partial charge in [-0.2, -0.15) is 0 Å². The number of aromatic hydroxyl groups is 1. The van der Waals surface area contributed by atoms with Crippen LogP contribution in [0.4, 0.5) is 0 Å². The molecule has 2 heteroatoms. The van der Waals surface area contributed by atoms with Gasteiger partial charge in [0.2, 0.25) is 0 Å². The predicted molar refractivity (Wildman–Crippen MR) is 118 cm³/mol. The molecule has 0 amide bonds. The van der Waals surface area contributed by atoms with E-state index >= 15 is 0 Å². The highest BCUT2D eigenvalue weighted by atomic mass is 16.3. The van der Waals surface area contributed by atoms with Crippen LogP contribution in [0, 0.1) is 17.3 Å². The minimum Gasteiger partial charge on any atom is -0.508 e. The van der Waals surface area contributed by atoms with Crippen molar-refractivity contribution in [3.63, 3.8) is 0 Å². The summed E-state index contributed by atoms with van der Waals surface area (Å²) in [6.45, 7) is 6.35. The molecule has 0 spiro atoms. The molecule has 2 aromatic carbocycles. The summed E-state index contributed by atoms with van der Waals surface area (Å²) < 4.78 is 0. The normalized spacial score (nSPS) is 32.9. The number of allylic oxidation sites excluding steroid dienone is 1. The fraction of sp³-hybridized carbons (Fsp3) is 0.481. The Morgan fingerprint density at radius 3 is 2.83 bits per heavy atom. The van der Waals surface area contributed by atoms with Crippen molar-refractivity contribution in [2.45, 2.75) is 63.9 Å². The molecule has 0 unspecified atom stereocenters. The van der Waals surface area contributed by atoms with E-state index in [0.29, 0.717) is 28.9 Å². The first-order chi connectivity index (χ1) is 14.0. The summed E-state index contributed by atoms with van der Waals surface area (Å²) in [5.41, 5.74) is 6.83. The minimum atomic E-state index is -0.127. The Bertz CT molecular complexity index is 946. The largest absolute Gasteiger partial charge is 0.508 e. The minimum absolute atomic E-state index is 0.127. The number of hydrogen-bond acceptors (Lipinski definition) is 2. The quantitative estimate of drug-likeness (QED) is 0.633. The van der Waals surface area contributed by atoms with Gasteiger partial charge in [0.25, 0.3) is 0 Å². The lowest BCUT2D eigenvalue weighted by Crippen LogP contribution is -2.39. The second-order valence-electron chi connectivity index (χ2n) is 9.92. The third-order valence-electron chi connectivity index (χ3n) is 8.22. The van der Waals surface area contributed by atoms with Crippen LogP contribution in [0.25, 0.3) is 11.1 Å². The van der Waals surface area contributed by atoms with Crippen molar-refractivity contribution in [1.82, 2.24) is 0 Å². The van der Waals surface area contributed by atoms with Crippen LogP contribution in [0.1, 0.15) is 61.6 Å². The van der Waals surface area contributed by atoms with Crippen LogP contribution in [-0.4, -0.2) is 16.3 Å². The molecule has 29 heavy (non-hydrogen) atoms. The SMILES string of the molecule is C=CCc1ccccc1-c1cc(O)cc2c1[C@H]1CC[C@]3(C)C[C@H](O)C[C@H]3[C@@H]1CC2. The van der Waals surface area contributed by atoms with E-state index in [1.807, 2.05) is 18.2 Å². The molecule has 0 heterocycles. The van der Waals surface area contributed by atoms with Crippen molar-refractivity contribution in [3.8, 4) is 16.9 Å². The molecule has 152 valence electrons. The predicted octanol–water partition coefficient (Wildman–Crippen LogP) is 6.00. The van der Waals surface area contributed by atoms with E-state index in [4.69, 9.17) is 0 Å². The van der Waals surface area contributed by atoms with E-state index in [1.165, 1.54) is 47.1 Å². The van der Waals surface area contributed by atoms with Crippen LogP contribution in [0.3, 0.4) is 0 Å². The van der Waals surface area contributed by atoms with E-state index in [1.54, 1.807) is 0 Å². The molecule has 2 nitrogen and oxygen atoms in total. The molecule has 0 aromatic heterocycles. The van der Waals surface area contributed by atoms with Gasteiger partial charge in [0.15, 0.2) is 0 Å². The maximum Gasteiger partial charge on any atom is 0.116 e. The molecule has 2 aromatic rings. The van der Waals surface area contributed by atoms with Gasteiger partial charge in [-0.25, -0.2) is 0 Å². The third-order valence-corrected chi connectivity index (χ3v) is 8.22. The summed E-state index contributed by atoms with van der Waals surface area (Å²) in [6, 6.07) is 12.6. The number of aliphatic hydroxyl groups excluding tert-OH is 1. The smallest absolute Gasteiger partial charge is 0.116 e. The van der Waals surface area contributed by atoms with Crippen LogP contribution in [0.5, 0.6) is 5.75 Å². The van der Waals surface area contributed by atoms with Gasteiger partial charge in [-0.3, -0.25) is 0 Å². The number of benzene rings is 2. The highest BCUT2D eigenvalue weighted by molar-refractivity contribution is 5.75. The Balaban J connectivity index is 1.64. The fourth-order valence-corrected chi connectivity index (χ4v) is 7.07. The summed E-state index contributed by atoms with van der Waals surface area (Å²) in [6.07, 6.45) is 9.21. The van der Waals surface area contributed by atoms with Gasteiger partial charge in [-0.15, -0.1) is 6.58 Å². The number of hydrogen-bond donors (Lipinski definition) is 2. The molecule has 3 aliphatic carbocycles. The van der Waals surface area contributed by atoms with Crippen molar-refractivity contribution in [1.29, 1.82) is 0 Å². The van der Waals surface area contributed by atoms with E-state index in [0.717, 1.165) is 25.7 Å². The molecule has 2 N–H and O–H groups in total. The number of aryl methyl sites for hydroxylation is 1. The van der Waals surface area contributed by atoms with Gasteiger partial charge in [0.05, 0.1) is 6.10 Å². The number of aliphatic hydroxyl groups is 1. The summed E-state index contributed by atoms with van der Waals surface area (Å²) in [7, 11) is 0. The van der Waals surface area contributed by atoms with Crippen LogP contribution in [0.15, 0.2) is 49.1 Å². The van der Waals surface area contributed by atoms with Crippen LogP contribution < -0.4 is 0 Å². The van der Waals surface area contributed by atoms with Gasteiger partial charge in [-0.1, -0.05) is 37.3 Å². The number of rotatable bonds is 3. The lowest BCUT2D eigenvalue weighted by molar-refractivity contribution is 0.0597. The second kappa shape index (κ2) is 7.02. The summed E-state index contributed by atoms with van der Waals surface area (Å²) >= 11 is 0. The van der Waals surface area contributed by atoms with Gasteiger partial charge < -0.3 is 10.2 Å². The lowest BCUT2D eigenvalue weighted by atomic mass is 9.55. The molecule has 5 atom stereocenters. The summed E-state index contributed by atoms with van der Waals surface area (Å²) in [4.78, 5) is 0. The molecule has 0 bridgehead atoms. The van der Waals surface area contributed by atoms with Crippen molar-refractivity contribution < 1.29 is 10.2 Å². The van der Waals surface area contributed by atoms with Crippen molar-refractivity contribution >= 4 is 0 Å². The summed E-state index contributed by atoms with van der Waals surface area (Å²) in [5, 5.41) is 21.0. The molecule has 0 saturated heterocycles. The Morgan fingerprint density at radius 2 is 2.00 bits per heavy atom. The molecule has 0 radical (unpaired) electrons. The zero-order chi connectivity index (χ0) is 20.2. The molecule has 3 aliphatic rings. The van der Waals surface area contributed by atoms with E-state index in [-0.39, 0.29) is 6.10 Å². The Labute approximate surface area is 174 Å².